The quantitative estimate of drug-likeness (QED) is 0.336. The normalized spacial score (nSPS) is 16.6. The zero-order valence-corrected chi connectivity index (χ0v) is 21.8. The molecule has 0 spiro atoms. The molecular weight excluding hydrogens is 500 g/mol. The van der Waals surface area contributed by atoms with Gasteiger partial charge in [-0.1, -0.05) is 11.6 Å². The van der Waals surface area contributed by atoms with Gasteiger partial charge in [0.25, 0.3) is 0 Å². The van der Waals surface area contributed by atoms with E-state index in [1.54, 1.807) is 43.7 Å². The minimum absolute atomic E-state index is 0.0978. The van der Waals surface area contributed by atoms with Gasteiger partial charge in [-0.15, -0.1) is 11.8 Å². The number of carboxylic acid groups (broad SMARTS) is 1. The number of thioether (sulfide) groups is 1. The topological polar surface area (TPSA) is 109 Å². The maximum Gasteiger partial charge on any atom is 0.303 e. The standard InChI is InChI=1S/C26H31ClN4O4S/c1-35-18-2-3-21-19(14-18)25(20(27)16-30-21)22(32)4-5-26(15-24(33)34)6-10-31(11-7-26)12-13-36-23-17-28-8-9-29-23/h2-3,8-9,14,16-17,22,32H,4-7,10-13,15H2,1H3,(H,33,34)/t22-/m1/s1. The van der Waals surface area contributed by atoms with Crippen molar-refractivity contribution >= 4 is 40.2 Å². The molecule has 0 unspecified atom stereocenters. The average molecular weight is 531 g/mol. The fourth-order valence-electron chi connectivity index (χ4n) is 4.95. The van der Waals surface area contributed by atoms with Gasteiger partial charge in [-0.25, -0.2) is 4.98 Å². The third kappa shape index (κ3) is 6.64. The van der Waals surface area contributed by atoms with Gasteiger partial charge in [-0.2, -0.15) is 0 Å². The Balaban J connectivity index is 1.39. The summed E-state index contributed by atoms with van der Waals surface area (Å²) >= 11 is 8.14. The number of halogens is 1. The van der Waals surface area contributed by atoms with Crippen LogP contribution in [-0.4, -0.2) is 68.5 Å². The zero-order valence-electron chi connectivity index (χ0n) is 20.3. The number of hydrogen-bond donors (Lipinski definition) is 2. The predicted octanol–water partition coefficient (Wildman–Crippen LogP) is 4.85. The number of hydrogen-bond acceptors (Lipinski definition) is 8. The Labute approximate surface area is 220 Å². The fourth-order valence-corrected chi connectivity index (χ4v) is 6.05. The first-order valence-corrected chi connectivity index (χ1v) is 13.4. The minimum atomic E-state index is -0.831. The molecule has 1 aliphatic heterocycles. The van der Waals surface area contributed by atoms with Crippen LogP contribution in [0.4, 0.5) is 0 Å². The molecule has 0 radical (unpaired) electrons. The van der Waals surface area contributed by atoms with Crippen molar-refractivity contribution in [1.82, 2.24) is 19.9 Å². The molecule has 2 N–H and O–H groups in total. The monoisotopic (exact) mass is 530 g/mol. The van der Waals surface area contributed by atoms with Crippen LogP contribution in [-0.2, 0) is 4.79 Å². The molecular formula is C26H31ClN4O4S. The van der Waals surface area contributed by atoms with E-state index in [9.17, 15) is 15.0 Å². The van der Waals surface area contributed by atoms with Gasteiger partial charge in [0, 0.05) is 41.8 Å². The van der Waals surface area contributed by atoms with E-state index in [1.807, 2.05) is 18.2 Å². The first-order valence-electron chi connectivity index (χ1n) is 12.0. The number of methoxy groups -OCH3 is 1. The van der Waals surface area contributed by atoms with Gasteiger partial charge in [-0.3, -0.25) is 14.8 Å². The first-order chi connectivity index (χ1) is 17.4. The molecule has 1 aliphatic rings. The van der Waals surface area contributed by atoms with Crippen molar-refractivity contribution in [1.29, 1.82) is 0 Å². The summed E-state index contributed by atoms with van der Waals surface area (Å²) in [6.07, 6.45) is 8.52. The molecule has 0 saturated carbocycles. The molecule has 3 heterocycles. The van der Waals surface area contributed by atoms with Crippen molar-refractivity contribution in [2.75, 3.05) is 32.5 Å². The van der Waals surface area contributed by atoms with Crippen LogP contribution in [0.15, 0.2) is 48.0 Å². The molecule has 0 amide bonds. The van der Waals surface area contributed by atoms with Gasteiger partial charge in [0.2, 0.25) is 0 Å². The molecule has 4 rings (SSSR count). The summed E-state index contributed by atoms with van der Waals surface area (Å²) in [5.41, 5.74) is 0.987. The molecule has 1 aromatic carbocycles. The maximum absolute atomic E-state index is 11.8. The number of likely N-dealkylation sites (tertiary alicyclic amines) is 1. The zero-order chi connectivity index (χ0) is 25.5. The number of fused-ring (bicyclic) bond motifs is 1. The van der Waals surface area contributed by atoms with Crippen LogP contribution in [0.25, 0.3) is 10.9 Å². The van der Waals surface area contributed by atoms with E-state index in [1.165, 1.54) is 0 Å². The summed E-state index contributed by atoms with van der Waals surface area (Å²) < 4.78 is 5.34. The number of aliphatic hydroxyl groups is 1. The van der Waals surface area contributed by atoms with Crippen molar-refractivity contribution < 1.29 is 19.7 Å². The highest BCUT2D eigenvalue weighted by Crippen LogP contribution is 2.43. The molecule has 1 saturated heterocycles. The molecule has 0 aliphatic carbocycles. The third-order valence-electron chi connectivity index (χ3n) is 6.99. The number of aromatic nitrogens is 3. The lowest BCUT2D eigenvalue weighted by atomic mass is 9.71. The first kappa shape index (κ1) is 26.6. The Kier molecular flexibility index (Phi) is 9.00. The van der Waals surface area contributed by atoms with E-state index < -0.39 is 12.1 Å². The van der Waals surface area contributed by atoms with Crippen LogP contribution in [0.1, 0.15) is 43.8 Å². The van der Waals surface area contributed by atoms with Gasteiger partial charge >= 0.3 is 5.97 Å². The minimum Gasteiger partial charge on any atom is -0.497 e. The van der Waals surface area contributed by atoms with Gasteiger partial charge in [-0.05, 0) is 62.4 Å². The summed E-state index contributed by atoms with van der Waals surface area (Å²) in [5.74, 6) is 0.765. The molecule has 192 valence electrons. The number of carboxylic acids is 1. The van der Waals surface area contributed by atoms with E-state index >= 15 is 0 Å². The summed E-state index contributed by atoms with van der Waals surface area (Å²) in [7, 11) is 1.59. The van der Waals surface area contributed by atoms with Crippen LogP contribution in [0.3, 0.4) is 0 Å². The summed E-state index contributed by atoms with van der Waals surface area (Å²) in [6, 6.07) is 5.49. The number of benzene rings is 1. The van der Waals surface area contributed by atoms with Crippen LogP contribution in [0.2, 0.25) is 5.02 Å². The number of ether oxygens (including phenoxy) is 1. The number of piperidine rings is 1. The van der Waals surface area contributed by atoms with Gasteiger partial charge in [0.1, 0.15) is 10.8 Å². The third-order valence-corrected chi connectivity index (χ3v) is 8.18. The molecule has 0 bridgehead atoms. The number of pyridine rings is 1. The van der Waals surface area contributed by atoms with Gasteiger partial charge < -0.3 is 19.8 Å². The molecule has 3 aromatic rings. The largest absolute Gasteiger partial charge is 0.497 e. The number of rotatable bonds is 11. The van der Waals surface area contributed by atoms with Crippen molar-refractivity contribution in [2.45, 2.75) is 43.2 Å². The van der Waals surface area contributed by atoms with E-state index in [-0.39, 0.29) is 11.8 Å². The highest BCUT2D eigenvalue weighted by atomic mass is 35.5. The number of nitrogens with zero attached hydrogens (tertiary/aromatic N) is 4. The molecule has 10 heteroatoms. The number of carbonyl (C=O) groups is 1. The van der Waals surface area contributed by atoms with Crippen molar-refractivity contribution in [3.8, 4) is 5.75 Å². The molecule has 1 atom stereocenters. The second-order valence-electron chi connectivity index (χ2n) is 9.26. The second kappa shape index (κ2) is 12.2. The van der Waals surface area contributed by atoms with Crippen LogP contribution in [0, 0.1) is 5.41 Å². The Morgan fingerprint density at radius 3 is 2.75 bits per heavy atom. The lowest BCUT2D eigenvalue weighted by Crippen LogP contribution is -2.42. The van der Waals surface area contributed by atoms with Gasteiger partial charge in [0.15, 0.2) is 0 Å². The average Bonchev–Trinajstić information content (AvgIpc) is 2.88. The van der Waals surface area contributed by atoms with E-state index in [2.05, 4.69) is 19.9 Å². The maximum atomic E-state index is 11.8. The fraction of sp³-hybridized carbons (Fsp3) is 0.462. The van der Waals surface area contributed by atoms with Gasteiger partial charge in [0.05, 0.1) is 36.4 Å². The Hall–Kier alpha value is -2.46. The summed E-state index contributed by atoms with van der Waals surface area (Å²) in [5, 5.41) is 22.9. The van der Waals surface area contributed by atoms with E-state index in [0.29, 0.717) is 29.2 Å². The summed E-state index contributed by atoms with van der Waals surface area (Å²) in [4.78, 5) is 26.9. The van der Waals surface area contributed by atoms with Crippen molar-refractivity contribution in [3.63, 3.8) is 0 Å². The van der Waals surface area contributed by atoms with E-state index in [4.69, 9.17) is 16.3 Å². The smallest absolute Gasteiger partial charge is 0.303 e. The molecule has 36 heavy (non-hydrogen) atoms. The highest BCUT2D eigenvalue weighted by Gasteiger charge is 2.37. The predicted molar refractivity (Wildman–Crippen MR) is 141 cm³/mol. The SMILES string of the molecule is COc1ccc2ncc(Cl)c([C@H](O)CCC3(CC(=O)O)CCN(CCSc4cnccn4)CC3)c2c1. The molecule has 2 aromatic heterocycles. The second-order valence-corrected chi connectivity index (χ2v) is 10.8. The van der Waals surface area contributed by atoms with Crippen LogP contribution < -0.4 is 4.74 Å². The highest BCUT2D eigenvalue weighted by molar-refractivity contribution is 7.99. The van der Waals surface area contributed by atoms with E-state index in [0.717, 1.165) is 54.2 Å². The van der Waals surface area contributed by atoms with Crippen LogP contribution >= 0.6 is 23.4 Å². The molecule has 8 nitrogen and oxygen atoms in total. The lowest BCUT2D eigenvalue weighted by Gasteiger charge is -2.41. The Morgan fingerprint density at radius 2 is 2.06 bits per heavy atom. The molecule has 1 fully saturated rings. The lowest BCUT2D eigenvalue weighted by molar-refractivity contribution is -0.141. The Bertz CT molecular complexity index is 1180. The number of aliphatic carboxylic acids is 1. The van der Waals surface area contributed by atoms with Crippen molar-refractivity contribution in [2.24, 2.45) is 5.41 Å². The van der Waals surface area contributed by atoms with Crippen LogP contribution in [0.5, 0.6) is 5.75 Å². The summed E-state index contributed by atoms with van der Waals surface area (Å²) in [6.45, 7) is 2.58. The number of aliphatic hydroxyl groups excluding tert-OH is 1. The Morgan fingerprint density at radius 1 is 1.25 bits per heavy atom. The van der Waals surface area contributed by atoms with Crippen molar-refractivity contribution in [3.05, 3.63) is 53.6 Å².